The number of aromatic nitrogens is 4. The lowest BCUT2D eigenvalue weighted by molar-refractivity contribution is -0.118. The average Bonchev–Trinajstić information content (AvgIpc) is 3.67. The largest absolute Gasteiger partial charge is 0.363 e. The van der Waals surface area contributed by atoms with Crippen LogP contribution in [0.1, 0.15) is 44.5 Å². The highest BCUT2D eigenvalue weighted by Gasteiger charge is 2.35. The van der Waals surface area contributed by atoms with E-state index in [4.69, 9.17) is 0 Å². The van der Waals surface area contributed by atoms with Crippen LogP contribution in [0.5, 0.6) is 0 Å². The molecule has 1 unspecified atom stereocenters. The van der Waals surface area contributed by atoms with E-state index < -0.39 is 29.0 Å². The zero-order chi connectivity index (χ0) is 28.5. The molecule has 1 aliphatic heterocycles. The monoisotopic (exact) mass is 569 g/mol. The van der Waals surface area contributed by atoms with Crippen molar-refractivity contribution >= 4 is 40.3 Å². The molecule has 2 aromatic carbocycles. The van der Waals surface area contributed by atoms with Gasteiger partial charge in [-0.15, -0.1) is 11.3 Å². The van der Waals surface area contributed by atoms with E-state index in [0.717, 1.165) is 17.7 Å². The Bertz CT molecular complexity index is 1780. The number of carbonyl (C=O) groups is 2. The summed E-state index contributed by atoms with van der Waals surface area (Å²) in [6.45, 7) is 2.15. The Hall–Kier alpha value is -5.10. The number of hydrogen-bond donors (Lipinski definition) is 3. The number of nitrogens with zero attached hydrogens (tertiary/aromatic N) is 4. The third kappa shape index (κ3) is 5.12. The van der Waals surface area contributed by atoms with Crippen molar-refractivity contribution in [3.05, 3.63) is 112 Å². The highest BCUT2D eigenvalue weighted by Crippen LogP contribution is 2.39. The Morgan fingerprint density at radius 3 is 2.63 bits per heavy atom. The average molecular weight is 570 g/mol. The first-order valence-corrected chi connectivity index (χ1v) is 13.4. The summed E-state index contributed by atoms with van der Waals surface area (Å²) in [6.07, 6.45) is 6.24. The van der Waals surface area contributed by atoms with Gasteiger partial charge in [-0.05, 0) is 53.9 Å². The second-order valence-corrected chi connectivity index (χ2v) is 10.1. The molecule has 0 aliphatic carbocycles. The van der Waals surface area contributed by atoms with Crippen LogP contribution in [0.15, 0.2) is 71.4 Å². The van der Waals surface area contributed by atoms with Gasteiger partial charge in [-0.1, -0.05) is 12.1 Å². The van der Waals surface area contributed by atoms with Crippen LogP contribution in [0.2, 0.25) is 0 Å². The van der Waals surface area contributed by atoms with Gasteiger partial charge in [0.1, 0.15) is 29.2 Å². The van der Waals surface area contributed by atoms with E-state index in [0.29, 0.717) is 39.0 Å². The topological polar surface area (TPSA) is 125 Å². The van der Waals surface area contributed by atoms with Crippen molar-refractivity contribution in [1.82, 2.24) is 19.9 Å². The van der Waals surface area contributed by atoms with Gasteiger partial charge in [-0.25, -0.2) is 28.7 Å². The number of pyridine rings is 1. The third-order valence-corrected chi connectivity index (χ3v) is 7.34. The van der Waals surface area contributed by atoms with Crippen molar-refractivity contribution in [3.8, 4) is 11.1 Å². The maximum Gasteiger partial charge on any atom is 0.259 e. The van der Waals surface area contributed by atoms with E-state index in [-0.39, 0.29) is 18.1 Å². The van der Waals surface area contributed by atoms with Crippen molar-refractivity contribution in [2.24, 2.45) is 4.99 Å². The first kappa shape index (κ1) is 26.1. The zero-order valence-electron chi connectivity index (χ0n) is 21.5. The predicted molar refractivity (Wildman–Crippen MR) is 151 cm³/mol. The molecular weight excluding hydrogens is 548 g/mol. The Labute approximate surface area is 236 Å². The molecular formula is C29H21F2N7O2S. The van der Waals surface area contributed by atoms with Gasteiger partial charge in [-0.3, -0.25) is 14.9 Å². The number of imidazole rings is 1. The number of amides is 2. The molecule has 0 spiro atoms. The van der Waals surface area contributed by atoms with Crippen LogP contribution >= 0.6 is 11.3 Å². The van der Waals surface area contributed by atoms with Crippen molar-refractivity contribution in [2.75, 3.05) is 10.6 Å². The molecule has 0 fully saturated rings. The molecule has 12 heteroatoms. The number of nitrogens with one attached hydrogen (secondary N) is 3. The number of carbonyl (C=O) groups excluding carboxylic acids is 2. The Balaban J connectivity index is 1.50. The number of aryl methyl sites for hydroxylation is 1. The second-order valence-electron chi connectivity index (χ2n) is 9.23. The SMILES string of the molecule is Cc1ccc(C(=O)Nc2nccs2)cc1-c1cc(NCc2ncc[nH]2)nc2c1C=NC(=O)C2c1c(F)cccc1F. The van der Waals surface area contributed by atoms with Gasteiger partial charge < -0.3 is 10.3 Å². The predicted octanol–water partition coefficient (Wildman–Crippen LogP) is 5.47. The first-order chi connectivity index (χ1) is 19.9. The number of rotatable bonds is 7. The third-order valence-electron chi connectivity index (χ3n) is 6.65. The fraction of sp³-hybridized carbons (Fsp3) is 0.103. The number of benzene rings is 2. The molecule has 0 radical (unpaired) electrons. The summed E-state index contributed by atoms with van der Waals surface area (Å²) in [5.74, 6) is -3.26. The molecule has 6 rings (SSSR count). The Morgan fingerprint density at radius 2 is 1.90 bits per heavy atom. The summed E-state index contributed by atoms with van der Waals surface area (Å²) < 4.78 is 29.9. The van der Waals surface area contributed by atoms with E-state index in [1.54, 1.807) is 48.2 Å². The summed E-state index contributed by atoms with van der Waals surface area (Å²) in [5.41, 5.74) is 2.57. The maximum absolute atomic E-state index is 15.0. The van der Waals surface area contributed by atoms with Gasteiger partial charge in [0, 0.05) is 46.9 Å². The van der Waals surface area contributed by atoms with Crippen LogP contribution in [-0.2, 0) is 11.3 Å². The number of aliphatic imine (C=N–C) groups is 1. The van der Waals surface area contributed by atoms with Crippen molar-refractivity contribution in [2.45, 2.75) is 19.4 Å². The van der Waals surface area contributed by atoms with Crippen LogP contribution in [0.3, 0.4) is 0 Å². The zero-order valence-corrected chi connectivity index (χ0v) is 22.3. The molecule has 9 nitrogen and oxygen atoms in total. The highest BCUT2D eigenvalue weighted by molar-refractivity contribution is 7.13. The van der Waals surface area contributed by atoms with Crippen LogP contribution < -0.4 is 10.6 Å². The van der Waals surface area contributed by atoms with Gasteiger partial charge in [-0.2, -0.15) is 0 Å². The number of aromatic amines is 1. The maximum atomic E-state index is 15.0. The summed E-state index contributed by atoms with van der Waals surface area (Å²) in [5, 5.41) is 8.16. The van der Waals surface area contributed by atoms with Crippen LogP contribution in [0.4, 0.5) is 19.7 Å². The minimum absolute atomic E-state index is 0.144. The summed E-state index contributed by atoms with van der Waals surface area (Å²) in [6, 6.07) is 10.4. The molecule has 0 saturated heterocycles. The lowest BCUT2D eigenvalue weighted by Crippen LogP contribution is -2.23. The number of halogens is 2. The van der Waals surface area contributed by atoms with E-state index in [9.17, 15) is 18.4 Å². The molecule has 5 aromatic rings. The number of thiazole rings is 1. The van der Waals surface area contributed by atoms with Gasteiger partial charge in [0.2, 0.25) is 0 Å². The molecule has 41 heavy (non-hydrogen) atoms. The normalized spacial score (nSPS) is 14.1. The highest BCUT2D eigenvalue weighted by atomic mass is 32.1. The number of hydrogen-bond acceptors (Lipinski definition) is 7. The van der Waals surface area contributed by atoms with Gasteiger partial charge in [0.25, 0.3) is 11.8 Å². The van der Waals surface area contributed by atoms with E-state index in [1.807, 2.05) is 6.92 Å². The second kappa shape index (κ2) is 10.8. The molecule has 0 bridgehead atoms. The molecule has 2 amide bonds. The van der Waals surface area contributed by atoms with Crippen molar-refractivity contribution in [3.63, 3.8) is 0 Å². The quantitative estimate of drug-likeness (QED) is 0.239. The molecule has 1 atom stereocenters. The van der Waals surface area contributed by atoms with Gasteiger partial charge in [0.15, 0.2) is 5.13 Å². The molecule has 204 valence electrons. The van der Waals surface area contributed by atoms with Crippen LogP contribution in [0, 0.1) is 18.6 Å². The molecule has 1 aliphatic rings. The fourth-order valence-electron chi connectivity index (χ4n) is 4.69. The van der Waals surface area contributed by atoms with E-state index >= 15 is 0 Å². The van der Waals surface area contributed by atoms with Gasteiger partial charge in [0.05, 0.1) is 12.2 Å². The smallest absolute Gasteiger partial charge is 0.259 e. The summed E-state index contributed by atoms with van der Waals surface area (Å²) in [4.78, 5) is 46.0. The summed E-state index contributed by atoms with van der Waals surface area (Å²) in [7, 11) is 0. The standard InChI is InChI=1S/C29H21F2N7O2S/c1-15-5-6-16(27(39)38-29-34-9-10-41-29)11-17(15)18-12-22(35-14-23-32-7-8-33-23)37-26-19(18)13-36-28(40)25(26)24-20(30)3-2-4-21(24)31/h2-13,25H,14H2,1H3,(H,32,33)(H,35,37)(H,34,38,39). The fourth-order valence-corrected chi connectivity index (χ4v) is 5.21. The molecule has 3 N–H and O–H groups in total. The Morgan fingerprint density at radius 1 is 1.07 bits per heavy atom. The lowest BCUT2D eigenvalue weighted by Gasteiger charge is -2.24. The molecule has 3 aromatic heterocycles. The minimum Gasteiger partial charge on any atom is -0.363 e. The van der Waals surface area contributed by atoms with Crippen LogP contribution in [-0.4, -0.2) is 38.0 Å². The molecule has 4 heterocycles. The van der Waals surface area contributed by atoms with Gasteiger partial charge >= 0.3 is 0 Å². The van der Waals surface area contributed by atoms with Crippen molar-refractivity contribution in [1.29, 1.82) is 0 Å². The first-order valence-electron chi connectivity index (χ1n) is 12.5. The number of H-pyrrole nitrogens is 1. The molecule has 0 saturated carbocycles. The van der Waals surface area contributed by atoms with E-state index in [1.165, 1.54) is 23.6 Å². The van der Waals surface area contributed by atoms with Crippen molar-refractivity contribution < 1.29 is 18.4 Å². The van der Waals surface area contributed by atoms with E-state index in [2.05, 4.69) is 35.6 Å². The minimum atomic E-state index is -1.41. The number of fused-ring (bicyclic) bond motifs is 1. The lowest BCUT2D eigenvalue weighted by atomic mass is 9.85. The Kier molecular flexibility index (Phi) is 6.89. The summed E-state index contributed by atoms with van der Waals surface area (Å²) >= 11 is 1.30. The van der Waals surface area contributed by atoms with Crippen LogP contribution in [0.25, 0.3) is 11.1 Å². The number of anilines is 2.